The maximum absolute atomic E-state index is 8.52. The van der Waals surface area contributed by atoms with Gasteiger partial charge in [-0.3, -0.25) is 8.42 Å². The van der Waals surface area contributed by atoms with Gasteiger partial charge in [0.15, 0.2) is 0 Å². The monoisotopic (exact) mass is 294 g/mol. The topological polar surface area (TPSA) is 143 Å². The molecule has 0 heterocycles. The van der Waals surface area contributed by atoms with Gasteiger partial charge in [0.2, 0.25) is 0 Å². The fourth-order valence-electron chi connectivity index (χ4n) is 0. The molecule has 0 N–H and O–H groups in total. The average Bonchev–Trinajstić information content (AvgIpc) is 1.63. The van der Waals surface area contributed by atoms with Gasteiger partial charge in [-0.25, -0.2) is 0 Å². The van der Waals surface area contributed by atoms with Gasteiger partial charge in [0, 0.05) is 10.4 Å². The number of carbonyl (C=O) groups is 1. The SMILES string of the molecule is O=C([O-])[O-].O=S(=O)([O-])[O-].[Ca+2].[Cl][K].[Mg+2]. The summed E-state index contributed by atoms with van der Waals surface area (Å²) in [5.74, 6) is 0. The van der Waals surface area contributed by atoms with Crippen LogP contribution in [0.4, 0.5) is 4.79 Å². The van der Waals surface area contributed by atoms with Crippen LogP contribution in [-0.4, -0.2) is 132 Å². The first-order valence-electron chi connectivity index (χ1n) is 1.66. The molecule has 0 aromatic heterocycles. The second kappa shape index (κ2) is 20.5. The van der Waals surface area contributed by atoms with Crippen molar-refractivity contribution in [3.63, 3.8) is 0 Å². The molecule has 0 bridgehead atoms. The van der Waals surface area contributed by atoms with Crippen molar-refractivity contribution in [2.75, 3.05) is 0 Å². The number of carboxylic acid groups (broad SMARTS) is 2. The van der Waals surface area contributed by atoms with Crippen LogP contribution in [-0.2, 0) is 10.4 Å². The van der Waals surface area contributed by atoms with Crippen molar-refractivity contribution in [1.29, 1.82) is 0 Å². The van der Waals surface area contributed by atoms with Crippen LogP contribution in [0.5, 0.6) is 0 Å². The van der Waals surface area contributed by atoms with Gasteiger partial charge in [0.05, 0.1) is 0 Å². The predicted molar refractivity (Wildman–Crippen MR) is 39.0 cm³/mol. The van der Waals surface area contributed by atoms with E-state index in [0.717, 1.165) is 0 Å². The third-order valence-electron chi connectivity index (χ3n) is 0. The van der Waals surface area contributed by atoms with Gasteiger partial charge in [0.25, 0.3) is 0 Å². The fourth-order valence-corrected chi connectivity index (χ4v) is 0. The van der Waals surface area contributed by atoms with E-state index in [4.69, 9.17) is 36.3 Å². The Bertz CT molecular complexity index is 171. The van der Waals surface area contributed by atoms with Crippen LogP contribution < -0.4 is 10.2 Å². The zero-order valence-corrected chi connectivity index (χ0v) is 14.9. The number of carbonyl (C=O) groups excluding carboxylic acids is 1. The summed E-state index contributed by atoms with van der Waals surface area (Å²) in [7, 11) is -5.17. The maximum Gasteiger partial charge on any atom is 2.00 e. The van der Waals surface area contributed by atoms with Crippen LogP contribution in [0.2, 0.25) is 0 Å². The van der Waals surface area contributed by atoms with Crippen molar-refractivity contribution in [3.05, 3.63) is 0 Å². The molecule has 0 unspecified atom stereocenters. The summed E-state index contributed by atoms with van der Waals surface area (Å²) in [6.07, 6.45) is -2.33. The van der Waals surface area contributed by atoms with Crippen LogP contribution in [0.15, 0.2) is 0 Å². The minimum Gasteiger partial charge on any atom is 2.00 e. The van der Waals surface area contributed by atoms with Crippen LogP contribution in [0, 0.1) is 0 Å². The van der Waals surface area contributed by atoms with E-state index in [1.54, 1.807) is 0 Å². The Morgan fingerprint density at radius 3 is 1.15 bits per heavy atom. The Morgan fingerprint density at radius 1 is 1.15 bits per heavy atom. The van der Waals surface area contributed by atoms with Crippen LogP contribution >= 0.6 is 3.76 Å². The summed E-state index contributed by atoms with van der Waals surface area (Å²) in [6.45, 7) is 0. The van der Waals surface area contributed by atoms with Gasteiger partial charge in [0.1, 0.15) is 0 Å². The first kappa shape index (κ1) is 29.8. The minimum atomic E-state index is -5.17. The van der Waals surface area contributed by atoms with E-state index < -0.39 is 16.6 Å². The summed E-state index contributed by atoms with van der Waals surface area (Å²) < 4.78 is 38.9. The predicted octanol–water partition coefficient (Wildman–Crippen LogP) is -4.24. The molecule has 7 nitrogen and oxygen atoms in total. The van der Waals surface area contributed by atoms with Crippen molar-refractivity contribution in [3.8, 4) is 0 Å². The summed E-state index contributed by atoms with van der Waals surface area (Å²) in [5.41, 5.74) is 0. The summed E-state index contributed by atoms with van der Waals surface area (Å²) in [5, 5.41) is 16.7. The van der Waals surface area contributed by atoms with E-state index in [9.17, 15) is 0 Å². The minimum absolute atomic E-state index is 0. The maximum atomic E-state index is 8.52. The Labute approximate surface area is 157 Å². The van der Waals surface area contributed by atoms with Crippen LogP contribution in [0.25, 0.3) is 0 Å². The van der Waals surface area contributed by atoms with Gasteiger partial charge in [-0.15, -0.1) is 0 Å². The third kappa shape index (κ3) is 271. The van der Waals surface area contributed by atoms with Crippen molar-refractivity contribution in [1.82, 2.24) is 0 Å². The van der Waals surface area contributed by atoms with E-state index >= 15 is 0 Å². The number of rotatable bonds is 0. The molecular formula is CCaClKMgO7S. The molecule has 0 saturated heterocycles. The molecule has 0 aromatic rings. The third-order valence-corrected chi connectivity index (χ3v) is 0. The second-order valence-electron chi connectivity index (χ2n) is 0.658. The zero-order valence-electron chi connectivity index (χ0n) is 6.56. The molecule has 64 valence electrons. The van der Waals surface area contributed by atoms with Crippen molar-refractivity contribution in [2.45, 2.75) is 0 Å². The van der Waals surface area contributed by atoms with Gasteiger partial charge in [-0.05, 0) is 6.16 Å². The van der Waals surface area contributed by atoms with Crippen LogP contribution in [0.1, 0.15) is 0 Å². The molecule has 0 aliphatic heterocycles. The van der Waals surface area contributed by atoms with Crippen molar-refractivity contribution in [2.24, 2.45) is 0 Å². The summed E-state index contributed by atoms with van der Waals surface area (Å²) in [4.78, 5) is 8.33. The van der Waals surface area contributed by atoms with E-state index in [2.05, 4.69) is 0 Å². The molecule has 0 aliphatic carbocycles. The largest absolute Gasteiger partial charge is 2.00 e. The first-order chi connectivity index (χ1) is 4.73. The number of hydrogen-bond donors (Lipinski definition) is 0. The van der Waals surface area contributed by atoms with E-state index in [-0.39, 0.29) is 60.8 Å². The van der Waals surface area contributed by atoms with Crippen molar-refractivity contribution >= 4 is 128 Å². The molecule has 0 aromatic carbocycles. The molecule has 0 saturated carbocycles. The molecule has 0 aliphatic rings. The number of halogens is 1. The van der Waals surface area contributed by atoms with Gasteiger partial charge >= 0.3 is 112 Å². The van der Waals surface area contributed by atoms with Gasteiger partial charge < -0.3 is 24.1 Å². The van der Waals surface area contributed by atoms with Crippen molar-refractivity contribution < 1.29 is 32.5 Å². The molecule has 0 amide bonds. The summed E-state index contributed by atoms with van der Waals surface area (Å²) >= 11 is 0.535. The Kier molecular flexibility index (Phi) is 47.0. The van der Waals surface area contributed by atoms with E-state index in [1.807, 2.05) is 0 Å². The van der Waals surface area contributed by atoms with Gasteiger partial charge in [-0.2, -0.15) is 0 Å². The van der Waals surface area contributed by atoms with Crippen LogP contribution in [0.3, 0.4) is 0 Å². The first-order valence-corrected chi connectivity index (χ1v) is 7.29. The molecule has 0 radical (unpaired) electrons. The quantitative estimate of drug-likeness (QED) is 0.250. The van der Waals surface area contributed by atoms with E-state index in [0.29, 0.717) is 47.1 Å². The molecule has 0 fully saturated rings. The smallest absolute Gasteiger partial charge is 2.00 e. The Hall–Kier alpha value is 3.09. The normalized spacial score (nSPS) is 6.85. The molecule has 12 heteroatoms. The fraction of sp³-hybridized carbons (Fsp3) is 0. The second-order valence-corrected chi connectivity index (χ2v) is 1.47. The molecular weight excluding hydrogens is 295 g/mol. The Morgan fingerprint density at radius 2 is 1.15 bits per heavy atom. The van der Waals surface area contributed by atoms with Gasteiger partial charge in [-0.1, -0.05) is 0 Å². The number of hydrogen-bond acceptors (Lipinski definition) is 7. The molecule has 13 heavy (non-hydrogen) atoms. The molecule has 0 spiro atoms. The average molecular weight is 295 g/mol. The zero-order chi connectivity index (χ0) is 10.1. The molecule has 0 rings (SSSR count). The summed E-state index contributed by atoms with van der Waals surface area (Å²) in [6, 6.07) is 0. The van der Waals surface area contributed by atoms with E-state index in [1.165, 1.54) is 0 Å². The Balaban J connectivity index is -0.0000000246. The molecule has 0 atom stereocenters. The standard InChI is InChI=1S/CH2O3.Ca.ClH.K.Mg.H2O4S/c2-1(3)4;;;;;1-5(2,3)4/h(H2,2,3,4);;1H;;;(H2,1,2,3,4)/q;+2;;+1;+2;/p-5.